The van der Waals surface area contributed by atoms with Gasteiger partial charge >= 0.3 is 12.1 Å². The molecule has 0 aromatic heterocycles. The van der Waals surface area contributed by atoms with Crippen LogP contribution in [0.3, 0.4) is 0 Å². The number of carbonyl (C=O) groups is 2. The van der Waals surface area contributed by atoms with E-state index in [1.807, 2.05) is 30.3 Å². The Morgan fingerprint density at radius 2 is 2.06 bits per heavy atom. The van der Waals surface area contributed by atoms with Gasteiger partial charge in [-0.25, -0.2) is 9.59 Å². The van der Waals surface area contributed by atoms with Crippen molar-refractivity contribution in [2.24, 2.45) is 0 Å². The first-order valence-electron chi connectivity index (χ1n) is 5.35. The maximum Gasteiger partial charge on any atom is 0.408 e. The summed E-state index contributed by atoms with van der Waals surface area (Å²) in [5, 5.41) is 2.33. The van der Waals surface area contributed by atoms with Gasteiger partial charge in [0.05, 0.1) is 7.11 Å². The van der Waals surface area contributed by atoms with E-state index in [0.29, 0.717) is 0 Å². The lowest BCUT2D eigenvalue weighted by atomic mass is 10.2. The fourth-order valence-corrected chi connectivity index (χ4v) is 1.23. The number of carbonyl (C=O) groups excluding carboxylic acids is 2. The Hall–Kier alpha value is -2.30. The quantitative estimate of drug-likeness (QED) is 0.636. The molecule has 0 radical (unpaired) electrons. The third kappa shape index (κ3) is 4.29. The summed E-state index contributed by atoms with van der Waals surface area (Å²) in [5.41, 5.74) is 0.862. The molecule has 0 saturated heterocycles. The Morgan fingerprint density at radius 1 is 1.39 bits per heavy atom. The zero-order valence-electron chi connectivity index (χ0n) is 10.1. The fourth-order valence-electron chi connectivity index (χ4n) is 1.23. The molecule has 0 spiro atoms. The van der Waals surface area contributed by atoms with E-state index >= 15 is 0 Å². The van der Waals surface area contributed by atoms with Crippen LogP contribution in [-0.2, 0) is 20.9 Å². The number of hydrogen-bond acceptors (Lipinski definition) is 4. The molecule has 0 heterocycles. The normalized spacial score (nSPS) is 11.2. The summed E-state index contributed by atoms with van der Waals surface area (Å²) in [5.74, 6) is -0.596. The van der Waals surface area contributed by atoms with Gasteiger partial charge in [-0.15, -0.1) is 6.58 Å². The first-order chi connectivity index (χ1) is 8.67. The Morgan fingerprint density at radius 3 is 2.61 bits per heavy atom. The predicted molar refractivity (Wildman–Crippen MR) is 65.8 cm³/mol. The third-order valence-electron chi connectivity index (χ3n) is 2.18. The number of methoxy groups -OCH3 is 1. The van der Waals surface area contributed by atoms with Crippen LogP contribution in [0.1, 0.15) is 5.56 Å². The van der Waals surface area contributed by atoms with Gasteiger partial charge in [0.25, 0.3) is 0 Å². The Balaban J connectivity index is 2.42. The molecule has 1 aromatic rings. The topological polar surface area (TPSA) is 64.6 Å². The monoisotopic (exact) mass is 249 g/mol. The molecule has 1 amide bonds. The minimum atomic E-state index is -0.904. The smallest absolute Gasteiger partial charge is 0.408 e. The highest BCUT2D eigenvalue weighted by Crippen LogP contribution is 2.01. The fraction of sp³-hybridized carbons (Fsp3) is 0.231. The molecule has 0 bridgehead atoms. The summed E-state index contributed by atoms with van der Waals surface area (Å²) < 4.78 is 9.44. The Kier molecular flexibility index (Phi) is 5.44. The van der Waals surface area contributed by atoms with E-state index in [1.165, 1.54) is 13.2 Å². The second-order valence-electron chi connectivity index (χ2n) is 3.44. The molecule has 0 aliphatic carbocycles. The van der Waals surface area contributed by atoms with Crippen molar-refractivity contribution in [2.75, 3.05) is 7.11 Å². The van der Waals surface area contributed by atoms with Gasteiger partial charge in [0.1, 0.15) is 12.6 Å². The van der Waals surface area contributed by atoms with Gasteiger partial charge in [-0.1, -0.05) is 36.4 Å². The summed E-state index contributed by atoms with van der Waals surface area (Å²) in [7, 11) is 1.23. The van der Waals surface area contributed by atoms with E-state index in [4.69, 9.17) is 4.74 Å². The van der Waals surface area contributed by atoms with Gasteiger partial charge in [-0.2, -0.15) is 0 Å². The molecule has 1 unspecified atom stereocenters. The molecule has 1 N–H and O–H groups in total. The van der Waals surface area contributed by atoms with Crippen LogP contribution in [0.4, 0.5) is 4.79 Å². The van der Waals surface area contributed by atoms with Crippen molar-refractivity contribution in [3.63, 3.8) is 0 Å². The summed E-state index contributed by atoms with van der Waals surface area (Å²) in [6.45, 7) is 3.57. The lowest BCUT2D eigenvalue weighted by Gasteiger charge is -2.12. The molecule has 1 aromatic carbocycles. The third-order valence-corrected chi connectivity index (χ3v) is 2.18. The van der Waals surface area contributed by atoms with Gasteiger partial charge in [0.2, 0.25) is 0 Å². The second kappa shape index (κ2) is 7.11. The molecule has 0 saturated carbocycles. The zero-order chi connectivity index (χ0) is 13.4. The highest BCUT2D eigenvalue weighted by Gasteiger charge is 2.18. The average molecular weight is 249 g/mol. The molecule has 5 nitrogen and oxygen atoms in total. The standard InChI is InChI=1S/C13H15NO4/c1-3-11(12(15)17-2)14-13(16)18-9-10-7-5-4-6-8-10/h3-8,11H,1,9H2,2H3,(H,14,16). The molecule has 1 atom stereocenters. The number of nitrogens with one attached hydrogen (secondary N) is 1. The second-order valence-corrected chi connectivity index (χ2v) is 3.44. The number of esters is 1. The van der Waals surface area contributed by atoms with E-state index in [0.717, 1.165) is 5.56 Å². The van der Waals surface area contributed by atoms with Gasteiger partial charge < -0.3 is 14.8 Å². The van der Waals surface area contributed by atoms with Crippen molar-refractivity contribution < 1.29 is 19.1 Å². The molecule has 0 aliphatic rings. The average Bonchev–Trinajstić information content (AvgIpc) is 2.42. The van der Waals surface area contributed by atoms with Crippen molar-refractivity contribution in [3.05, 3.63) is 48.6 Å². The SMILES string of the molecule is C=CC(NC(=O)OCc1ccccc1)C(=O)OC. The maximum atomic E-state index is 11.4. The highest BCUT2D eigenvalue weighted by molar-refractivity contribution is 5.82. The number of hydrogen-bond donors (Lipinski definition) is 1. The van der Waals surface area contributed by atoms with Crippen LogP contribution in [0.15, 0.2) is 43.0 Å². The first-order valence-corrected chi connectivity index (χ1v) is 5.35. The molecule has 5 heteroatoms. The van der Waals surface area contributed by atoms with Crippen LogP contribution < -0.4 is 5.32 Å². The predicted octanol–water partition coefficient (Wildman–Crippen LogP) is 1.64. The van der Waals surface area contributed by atoms with E-state index in [2.05, 4.69) is 16.6 Å². The molecule has 96 valence electrons. The van der Waals surface area contributed by atoms with Gasteiger partial charge in [0, 0.05) is 0 Å². The number of ether oxygens (including phenoxy) is 2. The van der Waals surface area contributed by atoms with E-state index < -0.39 is 18.1 Å². The van der Waals surface area contributed by atoms with E-state index in [9.17, 15) is 9.59 Å². The van der Waals surface area contributed by atoms with Crippen molar-refractivity contribution in [1.82, 2.24) is 5.32 Å². The highest BCUT2D eigenvalue weighted by atomic mass is 16.6. The minimum Gasteiger partial charge on any atom is -0.467 e. The van der Waals surface area contributed by atoms with Crippen molar-refractivity contribution in [3.8, 4) is 0 Å². The molecule has 0 aliphatic heterocycles. The first kappa shape index (κ1) is 13.8. The number of amides is 1. The lowest BCUT2D eigenvalue weighted by Crippen LogP contribution is -2.40. The number of alkyl carbamates (subject to hydrolysis) is 1. The van der Waals surface area contributed by atoms with E-state index in [1.54, 1.807) is 0 Å². The van der Waals surface area contributed by atoms with Crippen LogP contribution in [0.25, 0.3) is 0 Å². The summed E-state index contributed by atoms with van der Waals surface area (Å²) in [4.78, 5) is 22.6. The van der Waals surface area contributed by atoms with Crippen molar-refractivity contribution >= 4 is 12.1 Å². The van der Waals surface area contributed by atoms with E-state index in [-0.39, 0.29) is 6.61 Å². The lowest BCUT2D eigenvalue weighted by molar-refractivity contribution is -0.141. The maximum absolute atomic E-state index is 11.4. The van der Waals surface area contributed by atoms with Gasteiger partial charge in [0.15, 0.2) is 0 Å². The van der Waals surface area contributed by atoms with Crippen LogP contribution in [-0.4, -0.2) is 25.2 Å². The van der Waals surface area contributed by atoms with Crippen LogP contribution in [0.2, 0.25) is 0 Å². The Bertz CT molecular complexity index is 416. The molecule has 1 rings (SSSR count). The van der Waals surface area contributed by atoms with Crippen LogP contribution in [0, 0.1) is 0 Å². The zero-order valence-corrected chi connectivity index (χ0v) is 10.1. The number of benzene rings is 1. The largest absolute Gasteiger partial charge is 0.467 e. The van der Waals surface area contributed by atoms with Crippen LogP contribution in [0.5, 0.6) is 0 Å². The summed E-state index contributed by atoms with van der Waals surface area (Å²) in [6, 6.07) is 8.32. The minimum absolute atomic E-state index is 0.137. The molecule has 0 fully saturated rings. The number of rotatable bonds is 5. The van der Waals surface area contributed by atoms with Crippen molar-refractivity contribution in [2.45, 2.75) is 12.6 Å². The molecular weight excluding hydrogens is 234 g/mol. The van der Waals surface area contributed by atoms with Gasteiger partial charge in [-0.3, -0.25) is 0 Å². The summed E-state index contributed by atoms with van der Waals surface area (Å²) in [6.07, 6.45) is 0.574. The molecular formula is C13H15NO4. The van der Waals surface area contributed by atoms with Crippen LogP contribution >= 0.6 is 0 Å². The summed E-state index contributed by atoms with van der Waals surface area (Å²) >= 11 is 0. The van der Waals surface area contributed by atoms with Crippen molar-refractivity contribution in [1.29, 1.82) is 0 Å². The van der Waals surface area contributed by atoms with Gasteiger partial charge in [-0.05, 0) is 5.56 Å². The molecule has 18 heavy (non-hydrogen) atoms. The Labute approximate surface area is 105 Å².